The van der Waals surface area contributed by atoms with Crippen molar-refractivity contribution in [3.63, 3.8) is 0 Å². The largest absolute Gasteiger partial charge is 0.354 e. The first kappa shape index (κ1) is 25.5. The van der Waals surface area contributed by atoms with Crippen LogP contribution in [0.15, 0.2) is 48.5 Å². The number of hydrogen-bond donors (Lipinski definition) is 3. The number of likely N-dealkylation sites (tertiary alicyclic amines) is 2. The summed E-state index contributed by atoms with van der Waals surface area (Å²) in [5, 5.41) is 13.1. The van der Waals surface area contributed by atoms with Crippen molar-refractivity contribution < 1.29 is 14.4 Å². The molecule has 1 unspecified atom stereocenters. The van der Waals surface area contributed by atoms with Gasteiger partial charge in [0.05, 0.1) is 18.0 Å². The van der Waals surface area contributed by atoms with Crippen molar-refractivity contribution in [1.29, 1.82) is 0 Å². The molecule has 38 heavy (non-hydrogen) atoms. The lowest BCUT2D eigenvalue weighted by molar-refractivity contribution is -0.133. The van der Waals surface area contributed by atoms with E-state index in [1.54, 1.807) is 25.2 Å². The van der Waals surface area contributed by atoms with Crippen molar-refractivity contribution in [3.05, 3.63) is 59.8 Å². The third-order valence-corrected chi connectivity index (χ3v) is 7.32. The second kappa shape index (κ2) is 11.5. The number of carbonyl (C=O) groups is 3. The predicted octanol–water partition coefficient (Wildman–Crippen LogP) is 2.47. The molecule has 2 saturated heterocycles. The normalized spacial score (nSPS) is 18.1. The smallest absolute Gasteiger partial charge is 0.272 e. The van der Waals surface area contributed by atoms with Crippen molar-refractivity contribution in [2.75, 3.05) is 45.1 Å². The van der Waals surface area contributed by atoms with Gasteiger partial charge in [0.15, 0.2) is 5.69 Å². The fourth-order valence-corrected chi connectivity index (χ4v) is 5.09. The molecule has 2 aliphatic rings. The summed E-state index contributed by atoms with van der Waals surface area (Å²) >= 11 is 0. The van der Waals surface area contributed by atoms with Crippen LogP contribution in [0.25, 0.3) is 10.9 Å². The van der Waals surface area contributed by atoms with Crippen LogP contribution in [0.2, 0.25) is 0 Å². The van der Waals surface area contributed by atoms with E-state index in [2.05, 4.69) is 37.6 Å². The number of piperidine rings is 1. The first-order valence-electron chi connectivity index (χ1n) is 13.1. The Bertz CT molecular complexity index is 1380. The third kappa shape index (κ3) is 5.87. The van der Waals surface area contributed by atoms with Gasteiger partial charge < -0.3 is 15.5 Å². The maximum absolute atomic E-state index is 12.9. The highest BCUT2D eigenvalue weighted by molar-refractivity contribution is 6.06. The summed E-state index contributed by atoms with van der Waals surface area (Å²) in [6.07, 6.45) is 2.48. The lowest BCUT2D eigenvalue weighted by Crippen LogP contribution is -2.43. The Kier molecular flexibility index (Phi) is 7.70. The van der Waals surface area contributed by atoms with Gasteiger partial charge >= 0.3 is 0 Å². The Hall–Kier alpha value is -4.16. The maximum Gasteiger partial charge on any atom is 0.272 e. The van der Waals surface area contributed by atoms with E-state index in [-0.39, 0.29) is 29.3 Å². The average Bonchev–Trinajstić information content (AvgIpc) is 3.59. The Morgan fingerprint density at radius 1 is 1.05 bits per heavy atom. The van der Waals surface area contributed by atoms with E-state index in [0.29, 0.717) is 43.0 Å². The van der Waals surface area contributed by atoms with E-state index in [1.807, 2.05) is 35.2 Å². The molecule has 1 aromatic heterocycles. The number of hydrogen-bond acceptors (Lipinski definition) is 5. The highest BCUT2D eigenvalue weighted by Gasteiger charge is 2.31. The number of aromatic amines is 1. The molecular formula is C29H32N6O3. The average molecular weight is 513 g/mol. The number of anilines is 1. The molecule has 0 bridgehead atoms. The van der Waals surface area contributed by atoms with E-state index in [1.165, 1.54) is 0 Å². The number of benzene rings is 2. The summed E-state index contributed by atoms with van der Waals surface area (Å²) in [4.78, 5) is 41.9. The van der Waals surface area contributed by atoms with Crippen molar-refractivity contribution in [2.45, 2.75) is 19.3 Å². The lowest BCUT2D eigenvalue weighted by Gasteiger charge is -2.31. The monoisotopic (exact) mass is 512 g/mol. The van der Waals surface area contributed by atoms with Crippen LogP contribution in [0.5, 0.6) is 0 Å². The first-order valence-corrected chi connectivity index (χ1v) is 13.1. The highest BCUT2D eigenvalue weighted by Crippen LogP contribution is 2.24. The number of carbonyl (C=O) groups excluding carboxylic acids is 3. The highest BCUT2D eigenvalue weighted by atomic mass is 16.2. The molecule has 2 aliphatic heterocycles. The van der Waals surface area contributed by atoms with Crippen molar-refractivity contribution >= 4 is 34.3 Å². The van der Waals surface area contributed by atoms with Crippen LogP contribution in [-0.4, -0.2) is 77.5 Å². The topological polar surface area (TPSA) is 110 Å². The number of H-pyrrole nitrogens is 1. The lowest BCUT2D eigenvalue weighted by atomic mass is 9.97. The number of rotatable bonds is 5. The van der Waals surface area contributed by atoms with Gasteiger partial charge in [-0.1, -0.05) is 30.0 Å². The van der Waals surface area contributed by atoms with E-state index in [9.17, 15) is 14.4 Å². The molecule has 2 aromatic carbocycles. The molecule has 3 heterocycles. The summed E-state index contributed by atoms with van der Waals surface area (Å²) in [7, 11) is 1.55. The molecule has 2 fully saturated rings. The second-order valence-electron chi connectivity index (χ2n) is 9.91. The number of aromatic nitrogens is 2. The molecule has 0 radical (unpaired) electrons. The van der Waals surface area contributed by atoms with Crippen molar-refractivity contribution in [2.24, 2.45) is 11.8 Å². The van der Waals surface area contributed by atoms with E-state index in [4.69, 9.17) is 0 Å². The third-order valence-electron chi connectivity index (χ3n) is 7.32. The molecule has 3 aromatic rings. The molecule has 9 heteroatoms. The molecule has 0 spiro atoms. The molecule has 3 amide bonds. The predicted molar refractivity (Wildman–Crippen MR) is 145 cm³/mol. The fraction of sp³-hybridized carbons (Fsp3) is 0.379. The Labute approximate surface area is 221 Å². The zero-order valence-electron chi connectivity index (χ0n) is 21.5. The Morgan fingerprint density at radius 3 is 2.61 bits per heavy atom. The summed E-state index contributed by atoms with van der Waals surface area (Å²) in [5.41, 5.74) is 2.65. The van der Waals surface area contributed by atoms with Crippen molar-refractivity contribution in [3.8, 4) is 11.8 Å². The van der Waals surface area contributed by atoms with Crippen molar-refractivity contribution in [1.82, 2.24) is 25.3 Å². The molecule has 1 atom stereocenters. The van der Waals surface area contributed by atoms with Crippen LogP contribution >= 0.6 is 0 Å². The van der Waals surface area contributed by atoms with Gasteiger partial charge in [-0.15, -0.1) is 0 Å². The number of fused-ring (bicyclic) bond motifs is 1. The van der Waals surface area contributed by atoms with Gasteiger partial charge in [-0.05, 0) is 56.1 Å². The minimum atomic E-state index is -0.292. The zero-order valence-corrected chi connectivity index (χ0v) is 21.5. The van der Waals surface area contributed by atoms with Crippen LogP contribution < -0.4 is 10.6 Å². The van der Waals surface area contributed by atoms with Gasteiger partial charge in [0.25, 0.3) is 5.91 Å². The molecule has 196 valence electrons. The number of nitrogens with one attached hydrogen (secondary N) is 3. The van der Waals surface area contributed by atoms with Crippen LogP contribution in [-0.2, 0) is 9.59 Å². The maximum atomic E-state index is 12.9. The minimum Gasteiger partial charge on any atom is -0.354 e. The van der Waals surface area contributed by atoms with E-state index < -0.39 is 0 Å². The van der Waals surface area contributed by atoms with E-state index in [0.717, 1.165) is 37.0 Å². The molecule has 0 saturated carbocycles. The molecule has 5 rings (SSSR count). The second-order valence-corrected chi connectivity index (χ2v) is 9.91. The van der Waals surface area contributed by atoms with Crippen LogP contribution in [0, 0.1) is 23.7 Å². The number of nitrogens with zero attached hydrogens (tertiary/aromatic N) is 3. The minimum absolute atomic E-state index is 0.0814. The van der Waals surface area contributed by atoms with Crippen LogP contribution in [0.4, 0.5) is 5.69 Å². The Morgan fingerprint density at radius 2 is 1.84 bits per heavy atom. The molecule has 3 N–H and O–H groups in total. The van der Waals surface area contributed by atoms with Gasteiger partial charge in [0.2, 0.25) is 11.8 Å². The van der Waals surface area contributed by atoms with Gasteiger partial charge in [0, 0.05) is 49.2 Å². The SMILES string of the molecule is CNC(=O)c1n[nH]c2ccc(NC(=O)C3CCN(CC(=O)N4CCC(C#Cc5ccccc5)CC4)C3)cc12. The summed E-state index contributed by atoms with van der Waals surface area (Å²) in [6, 6.07) is 15.3. The summed E-state index contributed by atoms with van der Waals surface area (Å²) in [6.45, 7) is 3.04. The molecular weight excluding hydrogens is 480 g/mol. The molecule has 0 aliphatic carbocycles. The quantitative estimate of drug-likeness (QED) is 0.455. The van der Waals surface area contributed by atoms with Gasteiger partial charge in [-0.25, -0.2) is 0 Å². The summed E-state index contributed by atoms with van der Waals surface area (Å²) in [5.74, 6) is 6.47. The van der Waals surface area contributed by atoms with Gasteiger partial charge in [0.1, 0.15) is 0 Å². The standard InChI is InChI=1S/C29H32N6O3/c1-30-29(38)27-24-17-23(9-10-25(24)32-33-27)31-28(37)22-13-14-34(18-22)19-26(36)35-15-11-21(12-16-35)8-7-20-5-3-2-4-6-20/h2-6,9-10,17,21-22H,11-16,18-19H2,1H3,(H,30,38)(H,31,37)(H,32,33). The fourth-order valence-electron chi connectivity index (χ4n) is 5.09. The summed E-state index contributed by atoms with van der Waals surface area (Å²) < 4.78 is 0. The van der Waals surface area contributed by atoms with Crippen LogP contribution in [0.1, 0.15) is 35.3 Å². The van der Waals surface area contributed by atoms with Gasteiger partial charge in [-0.2, -0.15) is 5.10 Å². The first-order chi connectivity index (χ1) is 18.5. The van der Waals surface area contributed by atoms with Crippen LogP contribution in [0.3, 0.4) is 0 Å². The van der Waals surface area contributed by atoms with Gasteiger partial charge in [-0.3, -0.25) is 24.4 Å². The molecule has 9 nitrogen and oxygen atoms in total. The number of amides is 3. The zero-order chi connectivity index (χ0) is 26.5. The van der Waals surface area contributed by atoms with E-state index >= 15 is 0 Å². The Balaban J connectivity index is 1.09.